The number of aryl methyl sites for hydroxylation is 2. The summed E-state index contributed by atoms with van der Waals surface area (Å²) in [6, 6.07) is 13.2. The van der Waals surface area contributed by atoms with Gasteiger partial charge in [0.05, 0.1) is 0 Å². The second-order valence-electron chi connectivity index (χ2n) is 6.77. The van der Waals surface area contributed by atoms with Crippen molar-refractivity contribution < 1.29 is 14.3 Å². The van der Waals surface area contributed by atoms with Crippen molar-refractivity contribution >= 4 is 23.2 Å². The number of anilines is 2. The fourth-order valence-electron chi connectivity index (χ4n) is 3.15. The Labute approximate surface area is 154 Å². The number of carbonyl (C=O) groups excluding carboxylic acids is 2. The molecule has 2 amide bonds. The summed E-state index contributed by atoms with van der Waals surface area (Å²) in [7, 11) is 0. The fourth-order valence-corrected chi connectivity index (χ4v) is 3.15. The molecular formula is C21H24N2O3. The lowest BCUT2D eigenvalue weighted by atomic mass is 10.1. The van der Waals surface area contributed by atoms with Crippen LogP contribution in [0.1, 0.15) is 30.9 Å². The molecule has 1 fully saturated rings. The third-order valence-corrected chi connectivity index (χ3v) is 4.40. The van der Waals surface area contributed by atoms with E-state index < -0.39 is 6.10 Å². The molecule has 0 radical (unpaired) electrons. The van der Waals surface area contributed by atoms with E-state index in [0.717, 1.165) is 29.8 Å². The Hall–Kier alpha value is -2.82. The molecule has 0 bridgehead atoms. The normalized spacial score (nSPS) is 15.0. The predicted octanol–water partition coefficient (Wildman–Crippen LogP) is 3.84. The van der Waals surface area contributed by atoms with Gasteiger partial charge in [-0.25, -0.2) is 0 Å². The number of hydrogen-bond acceptors (Lipinski definition) is 3. The van der Waals surface area contributed by atoms with Crippen molar-refractivity contribution in [3.63, 3.8) is 0 Å². The first-order chi connectivity index (χ1) is 12.4. The molecular weight excluding hydrogens is 328 g/mol. The molecule has 1 heterocycles. The molecule has 1 aliphatic heterocycles. The average Bonchev–Trinajstić information content (AvgIpc) is 3.00. The molecule has 1 atom stereocenters. The zero-order valence-corrected chi connectivity index (χ0v) is 15.4. The van der Waals surface area contributed by atoms with Crippen LogP contribution in [-0.2, 0) is 9.59 Å². The number of carbonyl (C=O) groups is 2. The number of ether oxygens (including phenoxy) is 1. The molecule has 5 heteroatoms. The first kappa shape index (κ1) is 18.0. The summed E-state index contributed by atoms with van der Waals surface area (Å²) in [6.07, 6.45) is 0.882. The summed E-state index contributed by atoms with van der Waals surface area (Å²) in [5.41, 5.74) is 3.74. The predicted molar refractivity (Wildman–Crippen MR) is 103 cm³/mol. The number of nitrogens with zero attached hydrogens (tertiary/aromatic N) is 1. The lowest BCUT2D eigenvalue weighted by Crippen LogP contribution is -2.30. The highest BCUT2D eigenvalue weighted by molar-refractivity contribution is 5.96. The van der Waals surface area contributed by atoms with Gasteiger partial charge in [-0.15, -0.1) is 0 Å². The van der Waals surface area contributed by atoms with E-state index in [9.17, 15) is 9.59 Å². The molecule has 0 saturated carbocycles. The maximum Gasteiger partial charge on any atom is 0.265 e. The third kappa shape index (κ3) is 4.23. The van der Waals surface area contributed by atoms with Crippen LogP contribution in [0.5, 0.6) is 5.75 Å². The largest absolute Gasteiger partial charge is 0.481 e. The van der Waals surface area contributed by atoms with Crippen LogP contribution in [0.15, 0.2) is 42.5 Å². The van der Waals surface area contributed by atoms with E-state index in [1.54, 1.807) is 11.8 Å². The van der Waals surface area contributed by atoms with Gasteiger partial charge in [-0.3, -0.25) is 9.59 Å². The van der Waals surface area contributed by atoms with Crippen LogP contribution in [0.4, 0.5) is 11.4 Å². The quantitative estimate of drug-likeness (QED) is 0.889. The molecule has 0 aromatic heterocycles. The van der Waals surface area contributed by atoms with Gasteiger partial charge >= 0.3 is 0 Å². The summed E-state index contributed by atoms with van der Waals surface area (Å²) >= 11 is 0. The Balaban J connectivity index is 1.61. The van der Waals surface area contributed by atoms with Crippen molar-refractivity contribution in [1.82, 2.24) is 0 Å². The van der Waals surface area contributed by atoms with Gasteiger partial charge in [0.25, 0.3) is 5.91 Å². The van der Waals surface area contributed by atoms with Gasteiger partial charge in [0.15, 0.2) is 6.10 Å². The molecule has 3 rings (SSSR count). The SMILES string of the molecule is Cc1cc(C)cc(O[C@@H](C)C(=O)Nc2ccc(N3CCCC3=O)cc2)c1. The molecule has 0 spiro atoms. The van der Waals surface area contributed by atoms with Gasteiger partial charge in [0.2, 0.25) is 5.91 Å². The van der Waals surface area contributed by atoms with Crippen LogP contribution in [0.2, 0.25) is 0 Å². The molecule has 2 aromatic rings. The highest BCUT2D eigenvalue weighted by atomic mass is 16.5. The molecule has 0 unspecified atom stereocenters. The van der Waals surface area contributed by atoms with E-state index in [1.165, 1.54) is 0 Å². The Morgan fingerprint density at radius 2 is 1.77 bits per heavy atom. The molecule has 5 nitrogen and oxygen atoms in total. The van der Waals surface area contributed by atoms with Gasteiger partial charge < -0.3 is 15.0 Å². The Bertz CT molecular complexity index is 794. The molecule has 1 aliphatic rings. The topological polar surface area (TPSA) is 58.6 Å². The minimum Gasteiger partial charge on any atom is -0.481 e. The van der Waals surface area contributed by atoms with Gasteiger partial charge in [0.1, 0.15) is 5.75 Å². The van der Waals surface area contributed by atoms with Crippen molar-refractivity contribution in [2.45, 2.75) is 39.7 Å². The average molecular weight is 352 g/mol. The van der Waals surface area contributed by atoms with Crippen molar-refractivity contribution in [2.75, 3.05) is 16.8 Å². The minimum atomic E-state index is -0.615. The second kappa shape index (κ2) is 7.60. The maximum atomic E-state index is 12.4. The molecule has 1 saturated heterocycles. The van der Waals surface area contributed by atoms with Crippen molar-refractivity contribution in [3.05, 3.63) is 53.6 Å². The Morgan fingerprint density at radius 1 is 1.12 bits per heavy atom. The maximum absolute atomic E-state index is 12.4. The van der Waals surface area contributed by atoms with E-state index >= 15 is 0 Å². The summed E-state index contributed by atoms with van der Waals surface area (Å²) in [5, 5.41) is 2.85. The smallest absolute Gasteiger partial charge is 0.265 e. The second-order valence-corrected chi connectivity index (χ2v) is 6.77. The molecule has 2 aromatic carbocycles. The summed E-state index contributed by atoms with van der Waals surface area (Å²) < 4.78 is 5.76. The first-order valence-electron chi connectivity index (χ1n) is 8.88. The van der Waals surface area contributed by atoms with Crippen molar-refractivity contribution in [3.8, 4) is 5.75 Å². The fraction of sp³-hybridized carbons (Fsp3) is 0.333. The van der Waals surface area contributed by atoms with Crippen molar-refractivity contribution in [2.24, 2.45) is 0 Å². The van der Waals surface area contributed by atoms with E-state index in [-0.39, 0.29) is 11.8 Å². The van der Waals surface area contributed by atoms with Crippen LogP contribution in [0.25, 0.3) is 0 Å². The highest BCUT2D eigenvalue weighted by Gasteiger charge is 2.21. The number of amides is 2. The van der Waals surface area contributed by atoms with Gasteiger partial charge in [-0.2, -0.15) is 0 Å². The van der Waals surface area contributed by atoms with Crippen LogP contribution in [0, 0.1) is 13.8 Å². The Kier molecular flexibility index (Phi) is 5.26. The van der Waals surface area contributed by atoms with Crippen LogP contribution < -0.4 is 15.0 Å². The minimum absolute atomic E-state index is 0.150. The molecule has 0 aliphatic carbocycles. The third-order valence-electron chi connectivity index (χ3n) is 4.40. The number of nitrogens with one attached hydrogen (secondary N) is 1. The van der Waals surface area contributed by atoms with E-state index in [0.29, 0.717) is 17.9 Å². The lowest BCUT2D eigenvalue weighted by Gasteiger charge is -2.17. The van der Waals surface area contributed by atoms with E-state index in [1.807, 2.05) is 50.2 Å². The highest BCUT2D eigenvalue weighted by Crippen LogP contribution is 2.23. The zero-order chi connectivity index (χ0) is 18.7. The number of benzene rings is 2. The molecule has 26 heavy (non-hydrogen) atoms. The Morgan fingerprint density at radius 3 is 2.35 bits per heavy atom. The number of hydrogen-bond donors (Lipinski definition) is 1. The summed E-state index contributed by atoms with van der Waals surface area (Å²) in [4.78, 5) is 25.9. The molecule has 136 valence electrons. The first-order valence-corrected chi connectivity index (χ1v) is 8.88. The standard InChI is InChI=1S/C21H24N2O3/c1-14-11-15(2)13-19(12-14)26-16(3)21(25)22-17-6-8-18(9-7-17)23-10-4-5-20(23)24/h6-9,11-13,16H,4-5,10H2,1-3H3,(H,22,25)/t16-/m0/s1. The van der Waals surface area contributed by atoms with Crippen molar-refractivity contribution in [1.29, 1.82) is 0 Å². The number of rotatable bonds is 5. The zero-order valence-electron chi connectivity index (χ0n) is 15.4. The van der Waals surface area contributed by atoms with Crippen LogP contribution >= 0.6 is 0 Å². The van der Waals surface area contributed by atoms with E-state index in [2.05, 4.69) is 11.4 Å². The summed E-state index contributed by atoms with van der Waals surface area (Å²) in [5.74, 6) is 0.624. The molecule has 1 N–H and O–H groups in total. The lowest BCUT2D eigenvalue weighted by molar-refractivity contribution is -0.122. The van der Waals surface area contributed by atoms with Gasteiger partial charge in [-0.05, 0) is 74.7 Å². The monoisotopic (exact) mass is 352 g/mol. The van der Waals surface area contributed by atoms with E-state index in [4.69, 9.17) is 4.74 Å². The summed E-state index contributed by atoms with van der Waals surface area (Å²) in [6.45, 7) is 6.48. The van der Waals surface area contributed by atoms with Crippen LogP contribution in [0.3, 0.4) is 0 Å². The van der Waals surface area contributed by atoms with Gasteiger partial charge in [-0.1, -0.05) is 6.07 Å². The van der Waals surface area contributed by atoms with Crippen LogP contribution in [-0.4, -0.2) is 24.5 Å². The van der Waals surface area contributed by atoms with Gasteiger partial charge in [0, 0.05) is 24.3 Å².